The molecule has 3 heteroatoms. The molecule has 0 saturated carbocycles. The van der Waals surface area contributed by atoms with Gasteiger partial charge in [0.15, 0.2) is 0 Å². The number of hydrogen-bond acceptors (Lipinski definition) is 1. The predicted octanol–water partition coefficient (Wildman–Crippen LogP) is 2.81. The van der Waals surface area contributed by atoms with Gasteiger partial charge in [0.05, 0.1) is 11.4 Å². The molecule has 0 radical (unpaired) electrons. The van der Waals surface area contributed by atoms with Crippen LogP contribution in [0.5, 0.6) is 0 Å². The van der Waals surface area contributed by atoms with Crippen LogP contribution in [0, 0.1) is 0 Å². The summed E-state index contributed by atoms with van der Waals surface area (Å²) in [7, 11) is 0. The smallest absolute Gasteiger partial charge is 0.323 e. The van der Waals surface area contributed by atoms with Gasteiger partial charge >= 0.3 is 6.03 Å². The first-order valence-electron chi connectivity index (χ1n) is 5.53. The lowest BCUT2D eigenvalue weighted by molar-refractivity contribution is 0.256. The van der Waals surface area contributed by atoms with Crippen molar-refractivity contribution in [2.24, 2.45) is 5.73 Å². The molecule has 0 bridgehead atoms. The van der Waals surface area contributed by atoms with Crippen molar-refractivity contribution in [1.82, 2.24) is 0 Å². The fourth-order valence-electron chi connectivity index (χ4n) is 2.33. The number of carbonyl (C=O) groups is 1. The van der Waals surface area contributed by atoms with E-state index in [1.54, 1.807) is 4.90 Å². The highest BCUT2D eigenvalue weighted by Gasteiger charge is 2.24. The number of urea groups is 1. The number of primary amides is 1. The zero-order chi connectivity index (χ0) is 11.8. The normalized spacial score (nSPS) is 12.8. The van der Waals surface area contributed by atoms with Crippen LogP contribution in [0.25, 0.3) is 0 Å². The second-order valence-electron chi connectivity index (χ2n) is 4.11. The zero-order valence-corrected chi connectivity index (χ0v) is 9.26. The van der Waals surface area contributed by atoms with Crippen LogP contribution >= 0.6 is 0 Å². The molecule has 2 aromatic rings. The molecule has 2 N–H and O–H groups in total. The Bertz CT molecular complexity index is 547. The molecule has 1 heterocycles. The maximum atomic E-state index is 11.6. The molecule has 2 aromatic carbocycles. The third-order valence-electron chi connectivity index (χ3n) is 3.07. The molecule has 0 unspecified atom stereocenters. The van der Waals surface area contributed by atoms with E-state index >= 15 is 0 Å². The first-order chi connectivity index (χ1) is 8.27. The van der Waals surface area contributed by atoms with Crippen molar-refractivity contribution in [2.45, 2.75) is 6.42 Å². The molecule has 0 spiro atoms. The van der Waals surface area contributed by atoms with Crippen LogP contribution in [0.2, 0.25) is 0 Å². The van der Waals surface area contributed by atoms with Gasteiger partial charge in [0.25, 0.3) is 0 Å². The summed E-state index contributed by atoms with van der Waals surface area (Å²) in [5, 5.41) is 0. The van der Waals surface area contributed by atoms with Crippen molar-refractivity contribution in [3.05, 3.63) is 59.7 Å². The summed E-state index contributed by atoms with van der Waals surface area (Å²) in [6.45, 7) is 0. The summed E-state index contributed by atoms with van der Waals surface area (Å²) in [5.74, 6) is 0. The number of anilines is 2. The predicted molar refractivity (Wildman–Crippen MR) is 67.4 cm³/mol. The van der Waals surface area contributed by atoms with Gasteiger partial charge in [-0.2, -0.15) is 0 Å². The van der Waals surface area contributed by atoms with Gasteiger partial charge in [-0.05, 0) is 23.3 Å². The van der Waals surface area contributed by atoms with Crippen LogP contribution < -0.4 is 10.6 Å². The molecular weight excluding hydrogens is 212 g/mol. The molecule has 3 nitrogen and oxygen atoms in total. The highest BCUT2D eigenvalue weighted by atomic mass is 16.2. The molecule has 0 atom stereocenters. The molecule has 3 rings (SSSR count). The van der Waals surface area contributed by atoms with E-state index in [9.17, 15) is 4.79 Å². The Kier molecular flexibility index (Phi) is 2.11. The van der Waals surface area contributed by atoms with Crippen molar-refractivity contribution in [3.8, 4) is 0 Å². The Hall–Kier alpha value is -2.29. The van der Waals surface area contributed by atoms with Crippen molar-refractivity contribution < 1.29 is 4.79 Å². The number of benzene rings is 2. The second kappa shape index (κ2) is 3.63. The topological polar surface area (TPSA) is 46.3 Å². The van der Waals surface area contributed by atoms with Gasteiger partial charge in [-0.25, -0.2) is 4.79 Å². The van der Waals surface area contributed by atoms with E-state index in [0.717, 1.165) is 28.9 Å². The van der Waals surface area contributed by atoms with E-state index in [0.29, 0.717) is 0 Å². The van der Waals surface area contributed by atoms with Gasteiger partial charge in [0.1, 0.15) is 0 Å². The summed E-state index contributed by atoms with van der Waals surface area (Å²) in [4.78, 5) is 13.2. The molecule has 17 heavy (non-hydrogen) atoms. The number of nitrogens with two attached hydrogens (primary N) is 1. The van der Waals surface area contributed by atoms with E-state index in [1.165, 1.54) is 0 Å². The number of fused-ring (bicyclic) bond motifs is 2. The van der Waals surface area contributed by atoms with Gasteiger partial charge in [0.2, 0.25) is 0 Å². The molecule has 84 valence electrons. The molecule has 0 aliphatic carbocycles. The largest absolute Gasteiger partial charge is 0.351 e. The number of rotatable bonds is 0. The Labute approximate surface area is 99.5 Å². The Morgan fingerprint density at radius 1 is 0.941 bits per heavy atom. The van der Waals surface area contributed by atoms with Crippen LogP contribution in [0.1, 0.15) is 11.1 Å². The Morgan fingerprint density at radius 3 is 1.88 bits per heavy atom. The lowest BCUT2D eigenvalue weighted by Gasteiger charge is -2.30. The molecule has 0 saturated heterocycles. The molecular formula is C14H12N2O. The average molecular weight is 224 g/mol. The lowest BCUT2D eigenvalue weighted by Crippen LogP contribution is -2.34. The van der Waals surface area contributed by atoms with E-state index in [1.807, 2.05) is 48.5 Å². The lowest BCUT2D eigenvalue weighted by atomic mass is 9.96. The first kappa shape index (κ1) is 9.90. The highest BCUT2D eigenvalue weighted by Crippen LogP contribution is 2.37. The fourth-order valence-corrected chi connectivity index (χ4v) is 2.33. The Morgan fingerprint density at radius 2 is 1.41 bits per heavy atom. The first-order valence-corrected chi connectivity index (χ1v) is 5.53. The SMILES string of the molecule is NC(=O)N1c2ccccc2Cc2ccccc21. The molecule has 0 fully saturated rings. The number of hydrogen-bond donors (Lipinski definition) is 1. The number of amides is 2. The maximum absolute atomic E-state index is 11.6. The second-order valence-corrected chi connectivity index (χ2v) is 4.11. The third kappa shape index (κ3) is 1.47. The van der Waals surface area contributed by atoms with Crippen LogP contribution in [0.3, 0.4) is 0 Å². The van der Waals surface area contributed by atoms with Crippen LogP contribution in [0.4, 0.5) is 16.2 Å². The summed E-state index contributed by atoms with van der Waals surface area (Å²) >= 11 is 0. The summed E-state index contributed by atoms with van der Waals surface area (Å²) in [6.07, 6.45) is 0.843. The third-order valence-corrected chi connectivity index (χ3v) is 3.07. The molecule has 0 aromatic heterocycles. The van der Waals surface area contributed by atoms with Crippen LogP contribution in [-0.4, -0.2) is 6.03 Å². The number of para-hydroxylation sites is 2. The minimum atomic E-state index is -0.440. The van der Waals surface area contributed by atoms with Crippen molar-refractivity contribution >= 4 is 17.4 Å². The number of nitrogens with zero attached hydrogens (tertiary/aromatic N) is 1. The summed E-state index contributed by atoms with van der Waals surface area (Å²) in [5.41, 5.74) is 9.52. The Balaban J connectivity index is 2.24. The van der Waals surface area contributed by atoms with Gasteiger partial charge in [0, 0.05) is 6.42 Å². The monoisotopic (exact) mass is 224 g/mol. The van der Waals surface area contributed by atoms with Gasteiger partial charge < -0.3 is 5.73 Å². The highest BCUT2D eigenvalue weighted by molar-refractivity contribution is 6.01. The minimum Gasteiger partial charge on any atom is -0.351 e. The van der Waals surface area contributed by atoms with E-state index in [2.05, 4.69) is 0 Å². The molecule has 1 aliphatic heterocycles. The van der Waals surface area contributed by atoms with Crippen molar-refractivity contribution in [1.29, 1.82) is 0 Å². The van der Waals surface area contributed by atoms with Crippen LogP contribution in [-0.2, 0) is 6.42 Å². The summed E-state index contributed by atoms with van der Waals surface area (Å²) in [6, 6.07) is 15.3. The van der Waals surface area contributed by atoms with Crippen molar-refractivity contribution in [3.63, 3.8) is 0 Å². The van der Waals surface area contributed by atoms with Crippen molar-refractivity contribution in [2.75, 3.05) is 4.90 Å². The van der Waals surface area contributed by atoms with Gasteiger partial charge in [-0.15, -0.1) is 0 Å². The zero-order valence-electron chi connectivity index (χ0n) is 9.26. The number of carbonyl (C=O) groups excluding carboxylic acids is 1. The molecule has 1 aliphatic rings. The van der Waals surface area contributed by atoms with Crippen LogP contribution in [0.15, 0.2) is 48.5 Å². The fraction of sp³-hybridized carbons (Fsp3) is 0.0714. The average Bonchev–Trinajstić information content (AvgIpc) is 2.35. The standard InChI is InChI=1S/C14H12N2O/c15-14(17)16-12-7-3-1-5-10(12)9-11-6-2-4-8-13(11)16/h1-8H,9H2,(H2,15,17). The molecule has 2 amide bonds. The summed E-state index contributed by atoms with van der Waals surface area (Å²) < 4.78 is 0. The van der Waals surface area contributed by atoms with E-state index in [4.69, 9.17) is 5.73 Å². The maximum Gasteiger partial charge on any atom is 0.323 e. The van der Waals surface area contributed by atoms with E-state index in [-0.39, 0.29) is 0 Å². The van der Waals surface area contributed by atoms with E-state index < -0.39 is 6.03 Å². The quantitative estimate of drug-likeness (QED) is 0.734. The van der Waals surface area contributed by atoms with Gasteiger partial charge in [-0.3, -0.25) is 4.90 Å². The van der Waals surface area contributed by atoms with Gasteiger partial charge in [-0.1, -0.05) is 36.4 Å². The minimum absolute atomic E-state index is 0.440.